The molecule has 0 spiro atoms. The summed E-state index contributed by atoms with van der Waals surface area (Å²) in [5, 5.41) is 3.99. The lowest BCUT2D eigenvalue weighted by molar-refractivity contribution is 0.0985. The quantitative estimate of drug-likeness (QED) is 0.894. The smallest absolute Gasteiger partial charge is 0.278 e. The second-order valence-corrected chi connectivity index (χ2v) is 4.78. The molecule has 0 aliphatic heterocycles. The Morgan fingerprint density at radius 1 is 1.26 bits per heavy atom. The van der Waals surface area contributed by atoms with E-state index in [2.05, 4.69) is 11.2 Å². The standard InChI is InChI=1S/C14H18N4O/c1-9-5-10(2)7-11(6-9)17(3)14(19)13-12(15)8-16-18(13)4/h5-8H,15H2,1-4H3. The lowest BCUT2D eigenvalue weighted by atomic mass is 10.1. The van der Waals surface area contributed by atoms with Crippen molar-refractivity contribution in [3.05, 3.63) is 41.2 Å². The summed E-state index contributed by atoms with van der Waals surface area (Å²) in [4.78, 5) is 14.0. The molecule has 1 heterocycles. The highest BCUT2D eigenvalue weighted by Gasteiger charge is 2.20. The van der Waals surface area contributed by atoms with Crippen LogP contribution in [0, 0.1) is 13.8 Å². The molecule has 0 aliphatic carbocycles. The maximum absolute atomic E-state index is 12.5. The van der Waals surface area contributed by atoms with Crippen molar-refractivity contribution < 1.29 is 4.79 Å². The van der Waals surface area contributed by atoms with Crippen LogP contribution in [0.1, 0.15) is 21.6 Å². The number of anilines is 2. The van der Waals surface area contributed by atoms with Crippen LogP contribution in [0.25, 0.3) is 0 Å². The monoisotopic (exact) mass is 258 g/mol. The Kier molecular flexibility index (Phi) is 3.29. The third-order valence-electron chi connectivity index (χ3n) is 3.07. The SMILES string of the molecule is Cc1cc(C)cc(N(C)C(=O)c2c(N)cnn2C)c1. The molecule has 1 aromatic carbocycles. The zero-order valence-electron chi connectivity index (χ0n) is 11.6. The van der Waals surface area contributed by atoms with Gasteiger partial charge in [-0.1, -0.05) is 6.07 Å². The fraction of sp³-hybridized carbons (Fsp3) is 0.286. The number of amides is 1. The van der Waals surface area contributed by atoms with Crippen molar-refractivity contribution in [1.82, 2.24) is 9.78 Å². The fourth-order valence-electron chi connectivity index (χ4n) is 2.14. The second kappa shape index (κ2) is 4.76. The molecule has 0 unspecified atom stereocenters. The Bertz CT molecular complexity index is 591. The fourth-order valence-corrected chi connectivity index (χ4v) is 2.14. The summed E-state index contributed by atoms with van der Waals surface area (Å²) in [7, 11) is 3.45. The van der Waals surface area contributed by atoms with Crippen molar-refractivity contribution in [2.45, 2.75) is 13.8 Å². The van der Waals surface area contributed by atoms with Crippen molar-refractivity contribution in [3.8, 4) is 0 Å². The number of carbonyl (C=O) groups is 1. The van der Waals surface area contributed by atoms with Crippen LogP contribution in [-0.4, -0.2) is 22.7 Å². The van der Waals surface area contributed by atoms with Crippen molar-refractivity contribution in [2.24, 2.45) is 7.05 Å². The van der Waals surface area contributed by atoms with Crippen LogP contribution in [-0.2, 0) is 7.05 Å². The van der Waals surface area contributed by atoms with Gasteiger partial charge in [-0.05, 0) is 37.1 Å². The number of hydrogen-bond acceptors (Lipinski definition) is 3. The van der Waals surface area contributed by atoms with E-state index in [1.807, 2.05) is 26.0 Å². The predicted octanol–water partition coefficient (Wildman–Crippen LogP) is 1.90. The van der Waals surface area contributed by atoms with Gasteiger partial charge in [-0.15, -0.1) is 0 Å². The van der Waals surface area contributed by atoms with Gasteiger partial charge in [0, 0.05) is 19.8 Å². The van der Waals surface area contributed by atoms with E-state index >= 15 is 0 Å². The number of hydrogen-bond donors (Lipinski definition) is 1. The van der Waals surface area contributed by atoms with E-state index in [-0.39, 0.29) is 5.91 Å². The number of aromatic nitrogens is 2. The lowest BCUT2D eigenvalue weighted by Crippen LogP contribution is -2.29. The van der Waals surface area contributed by atoms with Gasteiger partial charge in [-0.2, -0.15) is 5.10 Å². The Hall–Kier alpha value is -2.30. The van der Waals surface area contributed by atoms with Gasteiger partial charge >= 0.3 is 0 Å². The van der Waals surface area contributed by atoms with Crippen LogP contribution in [0.5, 0.6) is 0 Å². The highest BCUT2D eigenvalue weighted by Crippen LogP contribution is 2.21. The van der Waals surface area contributed by atoms with Gasteiger partial charge < -0.3 is 10.6 Å². The molecular weight excluding hydrogens is 240 g/mol. The maximum atomic E-state index is 12.5. The number of aryl methyl sites for hydroxylation is 3. The predicted molar refractivity (Wildman–Crippen MR) is 76.3 cm³/mol. The van der Waals surface area contributed by atoms with E-state index in [9.17, 15) is 4.79 Å². The molecule has 1 aromatic heterocycles. The molecule has 19 heavy (non-hydrogen) atoms. The van der Waals surface area contributed by atoms with Gasteiger partial charge in [-0.3, -0.25) is 9.48 Å². The largest absolute Gasteiger partial charge is 0.396 e. The average Bonchev–Trinajstić information content (AvgIpc) is 2.66. The Balaban J connectivity index is 2.39. The molecule has 0 atom stereocenters. The molecule has 0 aliphatic rings. The van der Waals surface area contributed by atoms with Crippen LogP contribution in [0.3, 0.4) is 0 Å². The van der Waals surface area contributed by atoms with E-state index in [1.54, 1.807) is 19.0 Å². The van der Waals surface area contributed by atoms with Crippen molar-refractivity contribution in [1.29, 1.82) is 0 Å². The molecule has 100 valence electrons. The van der Waals surface area contributed by atoms with Crippen LogP contribution in [0.15, 0.2) is 24.4 Å². The summed E-state index contributed by atoms with van der Waals surface area (Å²) < 4.78 is 1.50. The zero-order valence-corrected chi connectivity index (χ0v) is 11.6. The summed E-state index contributed by atoms with van der Waals surface area (Å²) >= 11 is 0. The maximum Gasteiger partial charge on any atom is 0.278 e. The number of nitrogens with zero attached hydrogens (tertiary/aromatic N) is 3. The minimum absolute atomic E-state index is 0.164. The molecule has 0 saturated carbocycles. The van der Waals surface area contributed by atoms with Gasteiger partial charge in [0.1, 0.15) is 5.69 Å². The van der Waals surface area contributed by atoms with Crippen molar-refractivity contribution in [2.75, 3.05) is 17.7 Å². The normalized spacial score (nSPS) is 10.5. The van der Waals surface area contributed by atoms with Crippen LogP contribution in [0.2, 0.25) is 0 Å². The van der Waals surface area contributed by atoms with Crippen LogP contribution < -0.4 is 10.6 Å². The van der Waals surface area contributed by atoms with Gasteiger partial charge in [0.15, 0.2) is 0 Å². The first-order chi connectivity index (χ1) is 8.90. The molecule has 5 heteroatoms. The molecule has 0 radical (unpaired) electrons. The molecular formula is C14H18N4O. The Morgan fingerprint density at radius 2 is 1.84 bits per heavy atom. The molecule has 2 rings (SSSR count). The molecule has 1 amide bonds. The third kappa shape index (κ3) is 2.45. The zero-order chi connectivity index (χ0) is 14.2. The highest BCUT2D eigenvalue weighted by molar-refractivity contribution is 6.07. The number of rotatable bonds is 2. The summed E-state index contributed by atoms with van der Waals surface area (Å²) in [5.74, 6) is -0.164. The Labute approximate surface area is 112 Å². The first-order valence-electron chi connectivity index (χ1n) is 6.04. The van der Waals surface area contributed by atoms with Gasteiger partial charge in [-0.25, -0.2) is 0 Å². The summed E-state index contributed by atoms with van der Waals surface area (Å²) in [6.45, 7) is 4.01. The number of nitrogen functional groups attached to an aromatic ring is 1. The molecule has 5 nitrogen and oxygen atoms in total. The van der Waals surface area contributed by atoms with E-state index < -0.39 is 0 Å². The minimum Gasteiger partial charge on any atom is -0.396 e. The van der Waals surface area contributed by atoms with E-state index in [1.165, 1.54) is 10.9 Å². The summed E-state index contributed by atoms with van der Waals surface area (Å²) in [5.41, 5.74) is 9.67. The molecule has 2 N–H and O–H groups in total. The van der Waals surface area contributed by atoms with Crippen LogP contribution in [0.4, 0.5) is 11.4 Å². The summed E-state index contributed by atoms with van der Waals surface area (Å²) in [6.07, 6.45) is 1.49. The number of carbonyl (C=O) groups excluding carboxylic acids is 1. The third-order valence-corrected chi connectivity index (χ3v) is 3.07. The second-order valence-electron chi connectivity index (χ2n) is 4.78. The van der Waals surface area contributed by atoms with Gasteiger partial charge in [0.25, 0.3) is 5.91 Å². The number of benzene rings is 1. The van der Waals surface area contributed by atoms with Crippen molar-refractivity contribution in [3.63, 3.8) is 0 Å². The molecule has 0 saturated heterocycles. The van der Waals surface area contributed by atoms with E-state index in [0.717, 1.165) is 16.8 Å². The average molecular weight is 258 g/mol. The highest BCUT2D eigenvalue weighted by atomic mass is 16.2. The number of nitrogens with two attached hydrogens (primary N) is 1. The molecule has 2 aromatic rings. The van der Waals surface area contributed by atoms with Gasteiger partial charge in [0.2, 0.25) is 0 Å². The minimum atomic E-state index is -0.164. The van der Waals surface area contributed by atoms with E-state index in [0.29, 0.717) is 11.4 Å². The lowest BCUT2D eigenvalue weighted by Gasteiger charge is -2.19. The van der Waals surface area contributed by atoms with Crippen LogP contribution >= 0.6 is 0 Å². The van der Waals surface area contributed by atoms with E-state index in [4.69, 9.17) is 5.73 Å². The topological polar surface area (TPSA) is 64.2 Å². The van der Waals surface area contributed by atoms with Gasteiger partial charge in [0.05, 0.1) is 11.9 Å². The van der Waals surface area contributed by atoms with Crippen molar-refractivity contribution >= 4 is 17.3 Å². The first-order valence-corrected chi connectivity index (χ1v) is 6.04. The molecule has 0 fully saturated rings. The Morgan fingerprint density at radius 3 is 2.32 bits per heavy atom. The molecule has 0 bridgehead atoms. The first kappa shape index (κ1) is 13.1. The summed E-state index contributed by atoms with van der Waals surface area (Å²) in [6, 6.07) is 6.01.